The highest BCUT2D eigenvalue weighted by Crippen LogP contribution is 2.24. The second kappa shape index (κ2) is 3.96. The number of halogens is 1. The summed E-state index contributed by atoms with van der Waals surface area (Å²) in [6.45, 7) is 1.86. The van der Waals surface area contributed by atoms with Crippen molar-refractivity contribution in [1.82, 2.24) is 15.0 Å². The van der Waals surface area contributed by atoms with Crippen molar-refractivity contribution in [3.8, 4) is 11.4 Å². The summed E-state index contributed by atoms with van der Waals surface area (Å²) < 4.78 is 13.1. The van der Waals surface area contributed by atoms with Crippen LogP contribution in [0.15, 0.2) is 30.5 Å². The molecule has 0 spiro atoms. The van der Waals surface area contributed by atoms with Gasteiger partial charge in [0.2, 0.25) is 0 Å². The van der Waals surface area contributed by atoms with Crippen molar-refractivity contribution in [1.29, 1.82) is 0 Å². The molecule has 18 heavy (non-hydrogen) atoms. The first-order chi connectivity index (χ1) is 8.63. The lowest BCUT2D eigenvalue weighted by molar-refractivity contribution is 0.630. The minimum absolute atomic E-state index is 0.138. The summed E-state index contributed by atoms with van der Waals surface area (Å²) in [5.41, 5.74) is 8.36. The average Bonchev–Trinajstić information content (AvgIpc) is 2.93. The Balaban J connectivity index is 2.07. The fraction of sp³-hybridized carbons (Fsp3) is 0.154. The number of nitrogens with zero attached hydrogens (tertiary/aromatic N) is 1. The molecule has 1 atom stereocenters. The third-order valence-electron chi connectivity index (χ3n) is 2.90. The first kappa shape index (κ1) is 11.0. The van der Waals surface area contributed by atoms with E-state index in [4.69, 9.17) is 5.73 Å². The van der Waals surface area contributed by atoms with Crippen molar-refractivity contribution in [3.05, 3.63) is 42.1 Å². The molecule has 3 rings (SSSR count). The van der Waals surface area contributed by atoms with Crippen LogP contribution >= 0.6 is 0 Å². The van der Waals surface area contributed by atoms with Gasteiger partial charge in [0, 0.05) is 10.9 Å². The fourth-order valence-corrected chi connectivity index (χ4v) is 1.95. The largest absolute Gasteiger partial charge is 0.353 e. The number of H-pyrrole nitrogens is 2. The first-order valence-corrected chi connectivity index (χ1v) is 5.72. The molecule has 0 aliphatic rings. The number of benzene rings is 1. The standard InChI is InChI=1S/C13H13FN4/c1-7(15)13-16-6-12(18-13)11-5-8-4-9(14)2-3-10(8)17-11/h2-7,17H,15H2,1H3,(H,16,18)/t7-/m0/s1. The molecule has 0 amide bonds. The number of aromatic nitrogens is 3. The van der Waals surface area contributed by atoms with Crippen LogP contribution in [0.4, 0.5) is 4.39 Å². The number of nitrogens with two attached hydrogens (primary N) is 1. The third-order valence-corrected chi connectivity index (χ3v) is 2.90. The zero-order valence-corrected chi connectivity index (χ0v) is 9.87. The normalized spacial score (nSPS) is 13.1. The van der Waals surface area contributed by atoms with Crippen LogP contribution in [0.25, 0.3) is 22.3 Å². The van der Waals surface area contributed by atoms with Crippen molar-refractivity contribution in [2.24, 2.45) is 5.73 Å². The summed E-state index contributed by atoms with van der Waals surface area (Å²) >= 11 is 0. The van der Waals surface area contributed by atoms with Gasteiger partial charge in [0.25, 0.3) is 0 Å². The lowest BCUT2D eigenvalue weighted by Gasteiger charge is -1.98. The smallest absolute Gasteiger partial charge is 0.123 e. The molecule has 0 unspecified atom stereocenters. The summed E-state index contributed by atoms with van der Waals surface area (Å²) in [5.74, 6) is 0.490. The lowest BCUT2D eigenvalue weighted by atomic mass is 10.2. The molecule has 2 heterocycles. The van der Waals surface area contributed by atoms with Gasteiger partial charge in [-0.3, -0.25) is 0 Å². The number of imidazole rings is 1. The number of rotatable bonds is 2. The van der Waals surface area contributed by atoms with Gasteiger partial charge < -0.3 is 15.7 Å². The maximum absolute atomic E-state index is 13.1. The van der Waals surface area contributed by atoms with Crippen molar-refractivity contribution >= 4 is 10.9 Å². The van der Waals surface area contributed by atoms with Gasteiger partial charge in [0.1, 0.15) is 11.6 Å². The molecule has 3 aromatic rings. The van der Waals surface area contributed by atoms with E-state index in [1.165, 1.54) is 12.1 Å². The molecule has 0 fully saturated rings. The van der Waals surface area contributed by atoms with E-state index in [2.05, 4.69) is 15.0 Å². The monoisotopic (exact) mass is 244 g/mol. The van der Waals surface area contributed by atoms with Gasteiger partial charge in [-0.2, -0.15) is 0 Å². The van der Waals surface area contributed by atoms with E-state index in [9.17, 15) is 4.39 Å². The Kier molecular flexibility index (Phi) is 2.41. The highest BCUT2D eigenvalue weighted by atomic mass is 19.1. The Morgan fingerprint density at radius 2 is 2.06 bits per heavy atom. The highest BCUT2D eigenvalue weighted by Gasteiger charge is 2.09. The van der Waals surface area contributed by atoms with Crippen LogP contribution in [-0.4, -0.2) is 15.0 Å². The maximum atomic E-state index is 13.1. The molecule has 0 radical (unpaired) electrons. The van der Waals surface area contributed by atoms with E-state index in [0.29, 0.717) is 0 Å². The summed E-state index contributed by atoms with van der Waals surface area (Å²) in [6.07, 6.45) is 1.72. The van der Waals surface area contributed by atoms with E-state index in [-0.39, 0.29) is 11.9 Å². The highest BCUT2D eigenvalue weighted by molar-refractivity contribution is 5.85. The molecule has 92 valence electrons. The van der Waals surface area contributed by atoms with Gasteiger partial charge in [-0.05, 0) is 31.2 Å². The average molecular weight is 244 g/mol. The van der Waals surface area contributed by atoms with Crippen LogP contribution < -0.4 is 5.73 Å². The molecule has 0 saturated carbocycles. The molecular formula is C13H13FN4. The fourth-order valence-electron chi connectivity index (χ4n) is 1.95. The van der Waals surface area contributed by atoms with E-state index in [0.717, 1.165) is 28.1 Å². The Hall–Kier alpha value is -2.14. The Morgan fingerprint density at radius 3 is 2.78 bits per heavy atom. The molecule has 2 aromatic heterocycles. The van der Waals surface area contributed by atoms with Crippen LogP contribution in [0.5, 0.6) is 0 Å². The van der Waals surface area contributed by atoms with Crippen molar-refractivity contribution < 1.29 is 4.39 Å². The van der Waals surface area contributed by atoms with Crippen LogP contribution in [0.3, 0.4) is 0 Å². The predicted molar refractivity (Wildman–Crippen MR) is 68.4 cm³/mol. The van der Waals surface area contributed by atoms with Crippen molar-refractivity contribution in [2.45, 2.75) is 13.0 Å². The lowest BCUT2D eigenvalue weighted by Crippen LogP contribution is -2.06. The first-order valence-electron chi connectivity index (χ1n) is 5.72. The number of hydrogen-bond acceptors (Lipinski definition) is 2. The minimum Gasteiger partial charge on any atom is -0.353 e. The topological polar surface area (TPSA) is 70.5 Å². The Bertz CT molecular complexity index is 696. The van der Waals surface area contributed by atoms with E-state index < -0.39 is 0 Å². The molecule has 1 aromatic carbocycles. The Labute approximate surface area is 103 Å². The summed E-state index contributed by atoms with van der Waals surface area (Å²) in [6, 6.07) is 6.40. The van der Waals surface area contributed by atoms with Gasteiger partial charge in [-0.1, -0.05) is 0 Å². The molecule has 0 saturated heterocycles. The van der Waals surface area contributed by atoms with Gasteiger partial charge in [-0.25, -0.2) is 9.37 Å². The molecule has 5 heteroatoms. The van der Waals surface area contributed by atoms with Gasteiger partial charge in [-0.15, -0.1) is 0 Å². The van der Waals surface area contributed by atoms with E-state index in [1.54, 1.807) is 12.3 Å². The van der Waals surface area contributed by atoms with Gasteiger partial charge >= 0.3 is 0 Å². The van der Waals surface area contributed by atoms with Crippen LogP contribution in [0, 0.1) is 5.82 Å². The summed E-state index contributed by atoms with van der Waals surface area (Å²) in [5, 5.41) is 0.835. The second-order valence-electron chi connectivity index (χ2n) is 4.39. The molecule has 0 aliphatic carbocycles. The molecule has 4 N–H and O–H groups in total. The van der Waals surface area contributed by atoms with E-state index >= 15 is 0 Å². The third kappa shape index (κ3) is 1.78. The number of nitrogens with one attached hydrogen (secondary N) is 2. The van der Waals surface area contributed by atoms with Gasteiger partial charge in [0.05, 0.1) is 23.6 Å². The zero-order chi connectivity index (χ0) is 12.7. The number of fused-ring (bicyclic) bond motifs is 1. The zero-order valence-electron chi connectivity index (χ0n) is 9.87. The van der Waals surface area contributed by atoms with Gasteiger partial charge in [0.15, 0.2) is 0 Å². The summed E-state index contributed by atoms with van der Waals surface area (Å²) in [4.78, 5) is 10.6. The van der Waals surface area contributed by atoms with Crippen LogP contribution in [0.1, 0.15) is 18.8 Å². The summed E-state index contributed by atoms with van der Waals surface area (Å²) in [7, 11) is 0. The van der Waals surface area contributed by atoms with Crippen molar-refractivity contribution in [2.75, 3.05) is 0 Å². The van der Waals surface area contributed by atoms with E-state index in [1.807, 2.05) is 13.0 Å². The molecule has 0 aliphatic heterocycles. The quantitative estimate of drug-likeness (QED) is 0.648. The predicted octanol–water partition coefficient (Wildman–Crippen LogP) is 2.72. The van der Waals surface area contributed by atoms with Crippen LogP contribution in [0.2, 0.25) is 0 Å². The molecule has 0 bridgehead atoms. The minimum atomic E-state index is -0.242. The second-order valence-corrected chi connectivity index (χ2v) is 4.39. The maximum Gasteiger partial charge on any atom is 0.123 e. The van der Waals surface area contributed by atoms with Crippen LogP contribution in [-0.2, 0) is 0 Å². The molecule has 4 nitrogen and oxygen atoms in total. The SMILES string of the molecule is C[C@H](N)c1ncc(-c2cc3cc(F)ccc3[nH]2)[nH]1. The Morgan fingerprint density at radius 1 is 1.22 bits per heavy atom. The number of aromatic amines is 2. The van der Waals surface area contributed by atoms with Crippen molar-refractivity contribution in [3.63, 3.8) is 0 Å². The number of hydrogen-bond donors (Lipinski definition) is 3. The molecular weight excluding hydrogens is 231 g/mol.